The smallest absolute Gasteiger partial charge is 0.268 e. The topological polar surface area (TPSA) is 117 Å². The molecule has 2 atom stereocenters. The van der Waals surface area contributed by atoms with Crippen LogP contribution in [-0.4, -0.2) is 36.5 Å². The van der Waals surface area contributed by atoms with Gasteiger partial charge in [0, 0.05) is 13.5 Å². The molecular formula is C20H18F3N5O3. The quantitative estimate of drug-likeness (QED) is 0.633. The molecule has 0 fully saturated rings. The normalized spacial score (nSPS) is 16.5. The SMILES string of the molecule is CNC(=O)C(NC(=O)C1=NN(c2ccc(F)cc2)C(C(N)=O)C1)c1ccc(F)c(F)c1. The Kier molecular flexibility index (Phi) is 6.23. The van der Waals surface area contributed by atoms with Crippen LogP contribution in [0.5, 0.6) is 0 Å². The van der Waals surface area contributed by atoms with Crippen molar-refractivity contribution in [1.29, 1.82) is 0 Å². The van der Waals surface area contributed by atoms with Crippen LogP contribution in [0.2, 0.25) is 0 Å². The Morgan fingerprint density at radius 2 is 1.77 bits per heavy atom. The first-order valence-electron chi connectivity index (χ1n) is 9.10. The van der Waals surface area contributed by atoms with Crippen LogP contribution in [0.4, 0.5) is 18.9 Å². The number of halogens is 3. The lowest BCUT2D eigenvalue weighted by atomic mass is 10.0. The number of primary amides is 1. The molecule has 31 heavy (non-hydrogen) atoms. The average Bonchev–Trinajstić information content (AvgIpc) is 3.20. The fraction of sp³-hybridized carbons (Fsp3) is 0.200. The van der Waals surface area contributed by atoms with Gasteiger partial charge in [-0.1, -0.05) is 6.07 Å². The molecule has 0 spiro atoms. The monoisotopic (exact) mass is 433 g/mol. The molecule has 3 amide bonds. The van der Waals surface area contributed by atoms with Crippen LogP contribution in [0.3, 0.4) is 0 Å². The van der Waals surface area contributed by atoms with Gasteiger partial charge in [-0.3, -0.25) is 19.4 Å². The molecule has 0 bridgehead atoms. The van der Waals surface area contributed by atoms with Crippen molar-refractivity contribution in [2.45, 2.75) is 18.5 Å². The number of anilines is 1. The predicted octanol–water partition coefficient (Wildman–Crippen LogP) is 1.13. The zero-order valence-corrected chi connectivity index (χ0v) is 16.2. The Bertz CT molecular complexity index is 1060. The van der Waals surface area contributed by atoms with Crippen molar-refractivity contribution >= 4 is 29.1 Å². The maximum absolute atomic E-state index is 13.6. The number of hydrazone groups is 1. The highest BCUT2D eigenvalue weighted by Gasteiger charge is 2.36. The van der Waals surface area contributed by atoms with Crippen molar-refractivity contribution in [1.82, 2.24) is 10.6 Å². The summed E-state index contributed by atoms with van der Waals surface area (Å²) in [4.78, 5) is 36.9. The second-order valence-electron chi connectivity index (χ2n) is 6.68. The Labute approximate surface area is 174 Å². The first kappa shape index (κ1) is 21.8. The number of nitrogens with zero attached hydrogens (tertiary/aromatic N) is 2. The summed E-state index contributed by atoms with van der Waals surface area (Å²) in [5, 5.41) is 10.0. The fourth-order valence-electron chi connectivity index (χ4n) is 3.05. The van der Waals surface area contributed by atoms with Crippen LogP contribution in [0.25, 0.3) is 0 Å². The zero-order chi connectivity index (χ0) is 22.7. The molecule has 0 aliphatic carbocycles. The van der Waals surface area contributed by atoms with E-state index in [0.717, 1.165) is 30.3 Å². The van der Waals surface area contributed by atoms with Crippen LogP contribution in [0.15, 0.2) is 47.6 Å². The van der Waals surface area contributed by atoms with Gasteiger partial charge in [0.1, 0.15) is 23.6 Å². The van der Waals surface area contributed by atoms with Crippen molar-refractivity contribution in [2.75, 3.05) is 12.1 Å². The first-order chi connectivity index (χ1) is 14.7. The summed E-state index contributed by atoms with van der Waals surface area (Å²) in [7, 11) is 1.31. The summed E-state index contributed by atoms with van der Waals surface area (Å²) in [5.41, 5.74) is 5.63. The third-order valence-electron chi connectivity index (χ3n) is 4.65. The first-order valence-corrected chi connectivity index (χ1v) is 9.10. The summed E-state index contributed by atoms with van der Waals surface area (Å²) in [6, 6.07) is 5.48. The molecule has 1 heterocycles. The van der Waals surface area contributed by atoms with Crippen molar-refractivity contribution in [2.24, 2.45) is 10.8 Å². The van der Waals surface area contributed by atoms with Crippen LogP contribution >= 0.6 is 0 Å². The molecular weight excluding hydrogens is 415 g/mol. The van der Waals surface area contributed by atoms with E-state index in [9.17, 15) is 27.6 Å². The van der Waals surface area contributed by atoms with Crippen LogP contribution < -0.4 is 21.4 Å². The molecule has 0 radical (unpaired) electrons. The average molecular weight is 433 g/mol. The number of nitrogens with two attached hydrogens (primary N) is 1. The second kappa shape index (κ2) is 8.86. The molecule has 0 aromatic heterocycles. The van der Waals surface area contributed by atoms with E-state index in [0.29, 0.717) is 5.69 Å². The minimum Gasteiger partial charge on any atom is -0.368 e. The maximum atomic E-state index is 13.6. The van der Waals surface area contributed by atoms with Crippen molar-refractivity contribution < 1.29 is 27.6 Å². The lowest BCUT2D eigenvalue weighted by Crippen LogP contribution is -2.42. The Hall–Kier alpha value is -3.89. The van der Waals surface area contributed by atoms with E-state index in [1.54, 1.807) is 0 Å². The summed E-state index contributed by atoms with van der Waals surface area (Å²) >= 11 is 0. The maximum Gasteiger partial charge on any atom is 0.268 e. The highest BCUT2D eigenvalue weighted by molar-refractivity contribution is 6.40. The van der Waals surface area contributed by atoms with Gasteiger partial charge in [0.15, 0.2) is 11.6 Å². The number of carbonyl (C=O) groups is 3. The van der Waals surface area contributed by atoms with Gasteiger partial charge in [0.25, 0.3) is 5.91 Å². The fourth-order valence-corrected chi connectivity index (χ4v) is 3.05. The number of nitrogens with one attached hydrogen (secondary N) is 2. The van der Waals surface area contributed by atoms with E-state index in [1.807, 2.05) is 0 Å². The lowest BCUT2D eigenvalue weighted by Gasteiger charge is -2.20. The van der Waals surface area contributed by atoms with Crippen molar-refractivity contribution in [3.63, 3.8) is 0 Å². The number of rotatable bonds is 6. The Morgan fingerprint density at radius 3 is 2.35 bits per heavy atom. The number of hydrogen-bond acceptors (Lipinski definition) is 5. The molecule has 2 unspecified atom stereocenters. The van der Waals surface area contributed by atoms with Crippen molar-refractivity contribution in [3.05, 3.63) is 65.5 Å². The number of benzene rings is 2. The highest BCUT2D eigenvalue weighted by atomic mass is 19.2. The Morgan fingerprint density at radius 1 is 1.10 bits per heavy atom. The molecule has 1 aliphatic rings. The summed E-state index contributed by atoms with van der Waals surface area (Å²) in [5.74, 6) is -5.05. The van der Waals surface area contributed by atoms with Gasteiger partial charge < -0.3 is 16.4 Å². The number of likely N-dealkylation sites (N-methyl/N-ethyl adjacent to an activating group) is 1. The van der Waals surface area contributed by atoms with Crippen molar-refractivity contribution in [3.8, 4) is 0 Å². The van der Waals surface area contributed by atoms with E-state index in [4.69, 9.17) is 5.73 Å². The molecule has 0 saturated heterocycles. The number of hydrogen-bond donors (Lipinski definition) is 3. The largest absolute Gasteiger partial charge is 0.368 e. The van der Waals surface area contributed by atoms with Gasteiger partial charge in [-0.25, -0.2) is 13.2 Å². The number of amides is 3. The zero-order valence-electron chi connectivity index (χ0n) is 16.2. The van der Waals surface area contributed by atoms with Gasteiger partial charge in [0.2, 0.25) is 11.8 Å². The highest BCUT2D eigenvalue weighted by Crippen LogP contribution is 2.25. The van der Waals surface area contributed by atoms with E-state index < -0.39 is 47.3 Å². The molecule has 3 rings (SSSR count). The lowest BCUT2D eigenvalue weighted by molar-refractivity contribution is -0.126. The summed E-state index contributed by atoms with van der Waals surface area (Å²) < 4.78 is 40.1. The molecule has 162 valence electrons. The standard InChI is InChI=1S/C20H18F3N5O3/c1-25-20(31)17(10-2-7-13(22)14(23)8-10)26-19(30)15-9-16(18(24)29)28(27-15)12-5-3-11(21)4-6-12/h2-8,16-17H,9H2,1H3,(H2,24,29)(H,25,31)(H,26,30). The molecule has 1 aliphatic heterocycles. The van der Waals surface area contributed by atoms with Gasteiger partial charge in [0.05, 0.1) is 5.69 Å². The second-order valence-corrected chi connectivity index (χ2v) is 6.68. The van der Waals surface area contributed by atoms with Gasteiger partial charge in [-0.2, -0.15) is 5.10 Å². The molecule has 2 aromatic carbocycles. The summed E-state index contributed by atoms with van der Waals surface area (Å²) in [6.45, 7) is 0. The van der Waals surface area contributed by atoms with Gasteiger partial charge >= 0.3 is 0 Å². The molecule has 4 N–H and O–H groups in total. The minimum atomic E-state index is -1.35. The van der Waals surface area contributed by atoms with E-state index in [-0.39, 0.29) is 17.7 Å². The van der Waals surface area contributed by atoms with E-state index in [1.165, 1.54) is 24.2 Å². The van der Waals surface area contributed by atoms with Crippen LogP contribution in [0, 0.1) is 17.5 Å². The number of carbonyl (C=O) groups excluding carboxylic acids is 3. The van der Waals surface area contributed by atoms with Crippen LogP contribution in [-0.2, 0) is 14.4 Å². The van der Waals surface area contributed by atoms with E-state index >= 15 is 0 Å². The molecule has 11 heteroatoms. The molecule has 0 saturated carbocycles. The van der Waals surface area contributed by atoms with E-state index in [2.05, 4.69) is 15.7 Å². The van der Waals surface area contributed by atoms with Crippen LogP contribution in [0.1, 0.15) is 18.0 Å². The summed E-state index contributed by atoms with van der Waals surface area (Å²) in [6.07, 6.45) is -0.170. The van der Waals surface area contributed by atoms with Gasteiger partial charge in [-0.05, 0) is 42.0 Å². The Balaban J connectivity index is 1.87. The third-order valence-corrected chi connectivity index (χ3v) is 4.65. The minimum absolute atomic E-state index is 0.00652. The third kappa shape index (κ3) is 4.65. The van der Waals surface area contributed by atoms with Gasteiger partial charge in [-0.15, -0.1) is 0 Å². The molecule has 2 aromatic rings. The molecule has 8 nitrogen and oxygen atoms in total. The predicted molar refractivity (Wildman–Crippen MR) is 105 cm³/mol.